The van der Waals surface area contributed by atoms with E-state index in [0.29, 0.717) is 11.1 Å². The molecule has 0 aliphatic carbocycles. The summed E-state index contributed by atoms with van der Waals surface area (Å²) < 4.78 is 54.5. The zero-order valence-corrected chi connectivity index (χ0v) is 13.0. The van der Waals surface area contributed by atoms with Gasteiger partial charge >= 0.3 is 6.18 Å². The number of alkyl halides is 3. The Bertz CT molecular complexity index is 1080. The number of hydrogen-bond acceptors (Lipinski definition) is 3. The van der Waals surface area contributed by atoms with Crippen LogP contribution < -0.4 is 0 Å². The van der Waals surface area contributed by atoms with Gasteiger partial charge in [0.15, 0.2) is 5.69 Å². The van der Waals surface area contributed by atoms with Gasteiger partial charge in [-0.25, -0.2) is 14.4 Å². The molecule has 0 fully saturated rings. The third-order valence-corrected chi connectivity index (χ3v) is 3.81. The summed E-state index contributed by atoms with van der Waals surface area (Å²) in [6.07, 6.45) is -1.93. The minimum absolute atomic E-state index is 0.0508. The van der Waals surface area contributed by atoms with Crippen molar-refractivity contribution in [3.05, 3.63) is 72.4 Å². The van der Waals surface area contributed by atoms with Crippen molar-refractivity contribution in [3.8, 4) is 17.1 Å². The van der Waals surface area contributed by atoms with Gasteiger partial charge in [-0.05, 0) is 24.3 Å². The van der Waals surface area contributed by atoms with Crippen LogP contribution in [-0.2, 0) is 6.18 Å². The third kappa shape index (κ3) is 2.69. The minimum Gasteiger partial charge on any atom is -0.219 e. The van der Waals surface area contributed by atoms with Crippen LogP contribution in [0.15, 0.2) is 54.9 Å². The SMILES string of the molecule is Fc1ccccc1-c1cnc(-n2nc(C(F)(F)F)c3cc[c]cc32)nc1. The van der Waals surface area contributed by atoms with E-state index in [1.54, 1.807) is 18.2 Å². The monoisotopic (exact) mass is 357 g/mol. The molecule has 0 amide bonds. The van der Waals surface area contributed by atoms with Crippen molar-refractivity contribution in [2.45, 2.75) is 6.18 Å². The maximum absolute atomic E-state index is 13.8. The normalized spacial score (nSPS) is 11.8. The van der Waals surface area contributed by atoms with Crippen LogP contribution in [0.1, 0.15) is 5.69 Å². The Hall–Kier alpha value is -3.29. The fourth-order valence-electron chi connectivity index (χ4n) is 2.63. The highest BCUT2D eigenvalue weighted by Crippen LogP contribution is 2.34. The molecule has 0 bridgehead atoms. The zero-order chi connectivity index (χ0) is 18.3. The number of hydrogen-bond donors (Lipinski definition) is 0. The molecule has 26 heavy (non-hydrogen) atoms. The van der Waals surface area contributed by atoms with E-state index < -0.39 is 17.7 Å². The average Bonchev–Trinajstić information content (AvgIpc) is 3.02. The summed E-state index contributed by atoms with van der Waals surface area (Å²) in [4.78, 5) is 8.11. The molecule has 129 valence electrons. The molecule has 4 aromatic rings. The van der Waals surface area contributed by atoms with Gasteiger partial charge in [0.1, 0.15) is 5.82 Å². The van der Waals surface area contributed by atoms with Gasteiger partial charge in [-0.3, -0.25) is 0 Å². The van der Waals surface area contributed by atoms with Gasteiger partial charge in [-0.15, -0.1) is 0 Å². The van der Waals surface area contributed by atoms with Crippen molar-refractivity contribution in [1.82, 2.24) is 19.7 Å². The van der Waals surface area contributed by atoms with E-state index in [4.69, 9.17) is 0 Å². The summed E-state index contributed by atoms with van der Waals surface area (Å²) in [6.45, 7) is 0. The van der Waals surface area contributed by atoms with E-state index >= 15 is 0 Å². The van der Waals surface area contributed by atoms with Crippen molar-refractivity contribution in [2.24, 2.45) is 0 Å². The topological polar surface area (TPSA) is 43.6 Å². The van der Waals surface area contributed by atoms with E-state index in [0.717, 1.165) is 4.68 Å². The van der Waals surface area contributed by atoms with E-state index in [2.05, 4.69) is 21.1 Å². The van der Waals surface area contributed by atoms with Gasteiger partial charge < -0.3 is 0 Å². The molecule has 2 aromatic heterocycles. The number of nitrogens with zero attached hydrogens (tertiary/aromatic N) is 4. The Balaban J connectivity index is 1.83. The van der Waals surface area contributed by atoms with Crippen LogP contribution in [0.4, 0.5) is 17.6 Å². The second kappa shape index (κ2) is 5.91. The standard InChI is InChI=1S/C18H9F4N4/c19-14-7-3-1-5-12(14)11-9-23-17(24-10-11)26-15-8-4-2-6-13(15)16(25-26)18(20,21)22/h1-3,5-10H. The highest BCUT2D eigenvalue weighted by Gasteiger charge is 2.37. The van der Waals surface area contributed by atoms with E-state index in [9.17, 15) is 17.6 Å². The third-order valence-electron chi connectivity index (χ3n) is 3.81. The predicted octanol–water partition coefficient (Wildman–Crippen LogP) is 4.44. The summed E-state index contributed by atoms with van der Waals surface area (Å²) in [5.74, 6) is -0.493. The first-order chi connectivity index (χ1) is 12.4. The second-order valence-electron chi connectivity index (χ2n) is 5.45. The van der Waals surface area contributed by atoms with Gasteiger partial charge in [0.25, 0.3) is 5.95 Å². The Kier molecular flexibility index (Phi) is 3.68. The quantitative estimate of drug-likeness (QED) is 0.498. The van der Waals surface area contributed by atoms with Gasteiger partial charge in [0.2, 0.25) is 0 Å². The van der Waals surface area contributed by atoms with E-state index in [1.807, 2.05) is 0 Å². The van der Waals surface area contributed by atoms with Crippen LogP contribution in [0, 0.1) is 11.9 Å². The van der Waals surface area contributed by atoms with Crippen LogP contribution in [0.25, 0.3) is 28.0 Å². The predicted molar refractivity (Wildman–Crippen MR) is 85.9 cm³/mol. The molecule has 0 N–H and O–H groups in total. The molecule has 0 saturated heterocycles. The first-order valence-corrected chi connectivity index (χ1v) is 7.48. The van der Waals surface area contributed by atoms with Crippen molar-refractivity contribution >= 4 is 10.9 Å². The summed E-state index contributed by atoms with van der Waals surface area (Å²) in [5, 5.41) is 3.55. The average molecular weight is 357 g/mol. The highest BCUT2D eigenvalue weighted by atomic mass is 19.4. The molecule has 0 spiro atoms. The molecule has 8 heteroatoms. The van der Waals surface area contributed by atoms with Crippen LogP contribution in [-0.4, -0.2) is 19.7 Å². The fourth-order valence-corrected chi connectivity index (χ4v) is 2.63. The maximum atomic E-state index is 13.8. The number of fused-ring (bicyclic) bond motifs is 1. The van der Waals surface area contributed by atoms with Crippen LogP contribution in [0.5, 0.6) is 0 Å². The van der Waals surface area contributed by atoms with Crippen molar-refractivity contribution in [2.75, 3.05) is 0 Å². The van der Waals surface area contributed by atoms with Gasteiger partial charge in [0.05, 0.1) is 5.52 Å². The van der Waals surface area contributed by atoms with Crippen LogP contribution in [0.3, 0.4) is 0 Å². The summed E-state index contributed by atoms with van der Waals surface area (Å²) in [6, 6.07) is 12.9. The van der Waals surface area contributed by atoms with Gasteiger partial charge in [-0.1, -0.05) is 24.3 Å². The molecule has 4 nitrogen and oxygen atoms in total. The zero-order valence-electron chi connectivity index (χ0n) is 13.0. The molecule has 0 unspecified atom stereocenters. The first-order valence-electron chi connectivity index (χ1n) is 7.48. The first kappa shape index (κ1) is 16.2. The van der Waals surface area contributed by atoms with Gasteiger partial charge in [-0.2, -0.15) is 23.0 Å². The number of aromatic nitrogens is 4. The van der Waals surface area contributed by atoms with Crippen LogP contribution >= 0.6 is 0 Å². The Labute approximate surface area is 144 Å². The fraction of sp³-hybridized carbons (Fsp3) is 0.0556. The lowest BCUT2D eigenvalue weighted by Gasteiger charge is -2.05. The summed E-state index contributed by atoms with van der Waals surface area (Å²) in [7, 11) is 0. The van der Waals surface area contributed by atoms with Crippen molar-refractivity contribution in [1.29, 1.82) is 0 Å². The molecular weight excluding hydrogens is 348 g/mol. The molecule has 0 atom stereocenters. The number of rotatable bonds is 2. The molecule has 4 rings (SSSR count). The Morgan fingerprint density at radius 3 is 2.42 bits per heavy atom. The Morgan fingerprint density at radius 2 is 1.73 bits per heavy atom. The minimum atomic E-state index is -4.61. The maximum Gasteiger partial charge on any atom is 0.435 e. The smallest absolute Gasteiger partial charge is 0.219 e. The molecular formula is C18H9F4N4. The largest absolute Gasteiger partial charge is 0.435 e. The van der Waals surface area contributed by atoms with Crippen LogP contribution in [0.2, 0.25) is 0 Å². The highest BCUT2D eigenvalue weighted by molar-refractivity contribution is 5.83. The van der Waals surface area contributed by atoms with Crippen molar-refractivity contribution in [3.63, 3.8) is 0 Å². The number of benzene rings is 2. The summed E-state index contributed by atoms with van der Waals surface area (Å²) in [5.41, 5.74) is -0.138. The second-order valence-corrected chi connectivity index (χ2v) is 5.45. The molecule has 1 radical (unpaired) electrons. The molecule has 0 aliphatic heterocycles. The van der Waals surface area contributed by atoms with Crippen molar-refractivity contribution < 1.29 is 17.6 Å². The number of halogens is 4. The lowest BCUT2D eigenvalue weighted by atomic mass is 10.1. The van der Waals surface area contributed by atoms with Gasteiger partial charge in [0, 0.05) is 28.9 Å². The molecule has 2 heterocycles. The summed E-state index contributed by atoms with van der Waals surface area (Å²) >= 11 is 0. The van der Waals surface area contributed by atoms with E-state index in [-0.39, 0.29) is 16.9 Å². The lowest BCUT2D eigenvalue weighted by molar-refractivity contribution is -0.140. The van der Waals surface area contributed by atoms with E-state index in [1.165, 1.54) is 36.7 Å². The Morgan fingerprint density at radius 1 is 1.00 bits per heavy atom. The molecule has 0 saturated carbocycles. The lowest BCUT2D eigenvalue weighted by Crippen LogP contribution is -2.09. The molecule has 0 aliphatic rings. The molecule has 2 aromatic carbocycles.